The van der Waals surface area contributed by atoms with Gasteiger partial charge in [0, 0.05) is 30.2 Å². The zero-order valence-electron chi connectivity index (χ0n) is 17.2. The Kier molecular flexibility index (Phi) is 8.48. The average Bonchev–Trinajstić information content (AvgIpc) is 2.70. The summed E-state index contributed by atoms with van der Waals surface area (Å²) >= 11 is 6.11. The maximum absolute atomic E-state index is 13.1. The highest BCUT2D eigenvalue weighted by atomic mass is 35.5. The van der Waals surface area contributed by atoms with E-state index < -0.39 is 5.97 Å². The zero-order valence-corrected chi connectivity index (χ0v) is 18.0. The fraction of sp³-hybridized carbons (Fsp3) is 0.524. The first-order chi connectivity index (χ1) is 13.4. The monoisotopic (exact) mass is 407 g/mol. The van der Waals surface area contributed by atoms with Gasteiger partial charge in [-0.15, -0.1) is 0 Å². The Morgan fingerprint density at radius 3 is 2.32 bits per heavy atom. The predicted octanol–water partition coefficient (Wildman–Crippen LogP) is 2.99. The van der Waals surface area contributed by atoms with E-state index in [1.165, 1.54) is 11.7 Å². The van der Waals surface area contributed by atoms with E-state index in [2.05, 4.69) is 30.6 Å². The minimum atomic E-state index is -0.464. The Hall–Kier alpha value is -1.89. The van der Waals surface area contributed by atoms with Crippen LogP contribution >= 0.6 is 11.6 Å². The van der Waals surface area contributed by atoms with E-state index >= 15 is 0 Å². The number of nitrogens with zero attached hydrogens (tertiary/aromatic N) is 3. The number of benzene rings is 1. The highest BCUT2D eigenvalue weighted by Crippen LogP contribution is 2.20. The molecule has 0 N–H and O–H groups in total. The van der Waals surface area contributed by atoms with Crippen LogP contribution in [0, 0.1) is 0 Å². The van der Waals surface area contributed by atoms with Crippen molar-refractivity contribution in [2.75, 3.05) is 39.8 Å². The normalized spacial score (nSPS) is 11.5. The third-order valence-corrected chi connectivity index (χ3v) is 5.35. The quantitative estimate of drug-likeness (QED) is 0.567. The molecular formula is C21H30ClN3O3. The summed E-state index contributed by atoms with van der Waals surface area (Å²) in [5.41, 5.74) is 1.12. The SMILES string of the molecule is CCN(CC)CCN(CC)Cc1cc2ccc(Cl)cc2n(CC(=O)OC)c1=O. The van der Waals surface area contributed by atoms with E-state index in [0.29, 0.717) is 22.6 Å². The maximum atomic E-state index is 13.1. The van der Waals surface area contributed by atoms with Crippen LogP contribution in [-0.2, 0) is 22.6 Å². The standard InChI is InChI=1S/C21H30ClN3O3/c1-5-23(6-2)10-11-24(7-3)14-17-12-16-8-9-18(22)13-19(16)25(21(17)27)15-20(26)28-4/h8-9,12-13H,5-7,10-11,14-15H2,1-4H3. The van der Waals surface area contributed by atoms with Crippen molar-refractivity contribution in [1.29, 1.82) is 0 Å². The number of carbonyl (C=O) groups excluding carboxylic acids is 1. The summed E-state index contributed by atoms with van der Waals surface area (Å²) in [6.07, 6.45) is 0. The molecule has 0 unspecified atom stereocenters. The molecule has 2 rings (SSSR count). The van der Waals surface area contributed by atoms with Gasteiger partial charge in [-0.05, 0) is 43.2 Å². The van der Waals surface area contributed by atoms with Crippen molar-refractivity contribution in [3.05, 3.63) is 45.2 Å². The summed E-state index contributed by atoms with van der Waals surface area (Å²) in [7, 11) is 1.32. The smallest absolute Gasteiger partial charge is 0.325 e. The molecule has 0 aliphatic heterocycles. The molecule has 6 nitrogen and oxygen atoms in total. The average molecular weight is 408 g/mol. The van der Waals surface area contributed by atoms with Gasteiger partial charge in [0.1, 0.15) is 6.54 Å². The zero-order chi connectivity index (χ0) is 20.7. The Labute approximate surface area is 171 Å². The van der Waals surface area contributed by atoms with Crippen LogP contribution in [0.2, 0.25) is 5.02 Å². The molecule has 28 heavy (non-hydrogen) atoms. The second-order valence-electron chi connectivity index (χ2n) is 6.74. The number of methoxy groups -OCH3 is 1. The van der Waals surface area contributed by atoms with Crippen LogP contribution in [0.15, 0.2) is 29.1 Å². The lowest BCUT2D eigenvalue weighted by Gasteiger charge is -2.25. The molecule has 2 aromatic rings. The fourth-order valence-corrected chi connectivity index (χ4v) is 3.45. The van der Waals surface area contributed by atoms with Gasteiger partial charge in [-0.1, -0.05) is 38.4 Å². The number of likely N-dealkylation sites (N-methyl/N-ethyl adjacent to an activating group) is 2. The number of esters is 1. The molecule has 1 aromatic heterocycles. The molecular weight excluding hydrogens is 378 g/mol. The topological polar surface area (TPSA) is 54.8 Å². The molecule has 0 spiro atoms. The molecule has 0 saturated heterocycles. The number of ether oxygens (including phenoxy) is 1. The van der Waals surface area contributed by atoms with Gasteiger partial charge in [0.25, 0.3) is 5.56 Å². The molecule has 0 aliphatic carbocycles. The molecule has 0 bridgehead atoms. The van der Waals surface area contributed by atoms with Crippen molar-refractivity contribution in [3.63, 3.8) is 0 Å². The summed E-state index contributed by atoms with van der Waals surface area (Å²) in [6, 6.07) is 7.28. The number of hydrogen-bond donors (Lipinski definition) is 0. The van der Waals surface area contributed by atoms with Crippen molar-refractivity contribution in [2.24, 2.45) is 0 Å². The van der Waals surface area contributed by atoms with Gasteiger partial charge in [0.05, 0.1) is 12.6 Å². The number of aromatic nitrogens is 1. The Balaban J connectivity index is 2.38. The minimum Gasteiger partial charge on any atom is -0.468 e. The second kappa shape index (κ2) is 10.6. The van der Waals surface area contributed by atoms with Crippen molar-refractivity contribution in [1.82, 2.24) is 14.4 Å². The summed E-state index contributed by atoms with van der Waals surface area (Å²) in [5, 5.41) is 1.40. The summed E-state index contributed by atoms with van der Waals surface area (Å²) in [6.45, 7) is 11.5. The number of halogens is 1. The number of pyridine rings is 1. The van der Waals surface area contributed by atoms with E-state index in [-0.39, 0.29) is 12.1 Å². The van der Waals surface area contributed by atoms with E-state index in [0.717, 1.165) is 38.1 Å². The molecule has 0 atom stereocenters. The van der Waals surface area contributed by atoms with E-state index in [9.17, 15) is 9.59 Å². The van der Waals surface area contributed by atoms with Gasteiger partial charge in [-0.25, -0.2) is 0 Å². The Bertz CT molecular complexity index is 862. The van der Waals surface area contributed by atoms with E-state index in [1.54, 1.807) is 12.1 Å². The van der Waals surface area contributed by atoms with Gasteiger partial charge in [0.2, 0.25) is 0 Å². The highest BCUT2D eigenvalue weighted by Gasteiger charge is 2.15. The van der Waals surface area contributed by atoms with Crippen LogP contribution in [0.4, 0.5) is 0 Å². The van der Waals surface area contributed by atoms with Gasteiger partial charge >= 0.3 is 5.97 Å². The third-order valence-electron chi connectivity index (χ3n) is 5.12. The molecule has 0 amide bonds. The highest BCUT2D eigenvalue weighted by molar-refractivity contribution is 6.31. The summed E-state index contributed by atoms with van der Waals surface area (Å²) in [4.78, 5) is 29.6. The Morgan fingerprint density at radius 2 is 1.71 bits per heavy atom. The lowest BCUT2D eigenvalue weighted by atomic mass is 10.1. The lowest BCUT2D eigenvalue weighted by molar-refractivity contribution is -0.141. The van der Waals surface area contributed by atoms with Crippen LogP contribution in [0.3, 0.4) is 0 Å². The molecule has 1 aromatic carbocycles. The molecule has 1 heterocycles. The number of rotatable bonds is 10. The fourth-order valence-electron chi connectivity index (χ4n) is 3.28. The first-order valence-corrected chi connectivity index (χ1v) is 10.1. The third kappa shape index (κ3) is 5.56. The Morgan fingerprint density at radius 1 is 1.07 bits per heavy atom. The summed E-state index contributed by atoms with van der Waals surface area (Å²) < 4.78 is 6.23. The van der Waals surface area contributed by atoms with Gasteiger partial charge in [-0.3, -0.25) is 19.1 Å². The maximum Gasteiger partial charge on any atom is 0.325 e. The largest absolute Gasteiger partial charge is 0.468 e. The van der Waals surface area contributed by atoms with E-state index in [1.807, 2.05) is 12.1 Å². The molecule has 0 radical (unpaired) electrons. The number of fused-ring (bicyclic) bond motifs is 1. The van der Waals surface area contributed by atoms with Gasteiger partial charge in [0.15, 0.2) is 0 Å². The number of hydrogen-bond acceptors (Lipinski definition) is 5. The number of carbonyl (C=O) groups is 1. The first kappa shape index (κ1) is 22.4. The second-order valence-corrected chi connectivity index (χ2v) is 7.17. The first-order valence-electron chi connectivity index (χ1n) is 9.76. The van der Waals surface area contributed by atoms with E-state index in [4.69, 9.17) is 16.3 Å². The van der Waals surface area contributed by atoms with Gasteiger partial charge < -0.3 is 9.64 Å². The lowest BCUT2D eigenvalue weighted by Crippen LogP contribution is -2.37. The van der Waals surface area contributed by atoms with Crippen molar-refractivity contribution >= 4 is 28.5 Å². The van der Waals surface area contributed by atoms with Crippen LogP contribution in [0.1, 0.15) is 26.3 Å². The van der Waals surface area contributed by atoms with Crippen molar-refractivity contribution in [3.8, 4) is 0 Å². The van der Waals surface area contributed by atoms with Crippen LogP contribution in [-0.4, -0.2) is 60.2 Å². The van der Waals surface area contributed by atoms with Crippen molar-refractivity contribution in [2.45, 2.75) is 33.9 Å². The van der Waals surface area contributed by atoms with Crippen LogP contribution in [0.5, 0.6) is 0 Å². The molecule has 154 valence electrons. The summed E-state index contributed by atoms with van der Waals surface area (Å²) in [5.74, 6) is -0.464. The van der Waals surface area contributed by atoms with Crippen LogP contribution < -0.4 is 5.56 Å². The molecule has 0 fully saturated rings. The minimum absolute atomic E-state index is 0.133. The van der Waals surface area contributed by atoms with Gasteiger partial charge in [-0.2, -0.15) is 0 Å². The molecule has 0 saturated carbocycles. The molecule has 0 aliphatic rings. The van der Waals surface area contributed by atoms with Crippen LogP contribution in [0.25, 0.3) is 10.9 Å². The molecule has 7 heteroatoms. The van der Waals surface area contributed by atoms with Crippen molar-refractivity contribution < 1.29 is 9.53 Å². The predicted molar refractivity (Wildman–Crippen MR) is 114 cm³/mol.